The van der Waals surface area contributed by atoms with Gasteiger partial charge in [-0.3, -0.25) is 53.1 Å². The molecular weight excluding hydrogens is 1030 g/mol. The van der Waals surface area contributed by atoms with Crippen molar-refractivity contribution in [2.75, 3.05) is 19.6 Å². The predicted octanol–water partition coefficient (Wildman–Crippen LogP) is -2.84. The number of aliphatic imine (C=N–C) groups is 2. The van der Waals surface area contributed by atoms with Gasteiger partial charge in [0.2, 0.25) is 53.2 Å². The number of benzene rings is 3. The molecule has 80 heavy (non-hydrogen) atoms. The number of rotatable bonds is 32. The second-order valence-corrected chi connectivity index (χ2v) is 20.0. The van der Waals surface area contributed by atoms with Gasteiger partial charge in [-0.15, -0.1) is 0 Å². The number of likely N-dealkylation sites (tertiary alicyclic amines) is 1. The SMILES string of the molecule is CC(C)C[C@@H](NC(=O)[C@H](Cc1ccccc1)NC(=O)[C@@H](N)Cc1ccc(O)cc1)C(=O)N[C@@H](Cc1ccccc1)C(=O)N[C@@H](CCCN=C(N)N)C(=O)N1CCC[C@@H]1C(=O)N[C@@H](CCCN=C(N)N)C(=O)N[C@@H](CC(N)=O)C(N)=O. The number of nitrogens with zero attached hydrogens (tertiary/aromatic N) is 3. The third kappa shape index (κ3) is 21.9. The van der Waals surface area contributed by atoms with Gasteiger partial charge in [0.25, 0.3) is 0 Å². The number of carbonyl (C=O) groups excluding carboxylic acids is 9. The van der Waals surface area contributed by atoms with E-state index in [1.807, 2.05) is 13.8 Å². The van der Waals surface area contributed by atoms with E-state index in [-0.39, 0.29) is 101 Å². The molecule has 0 radical (unpaired) electrons. The second kappa shape index (κ2) is 32.2. The second-order valence-electron chi connectivity index (χ2n) is 20.0. The van der Waals surface area contributed by atoms with Crippen molar-refractivity contribution in [3.05, 3.63) is 102 Å². The van der Waals surface area contributed by atoms with Crippen LogP contribution in [-0.2, 0) is 62.4 Å². The quantitative estimate of drug-likeness (QED) is 0.0170. The highest BCUT2D eigenvalue weighted by molar-refractivity contribution is 5.98. The monoisotopic (exact) mass is 1110 g/mol. The van der Waals surface area contributed by atoms with Gasteiger partial charge in [0, 0.05) is 32.5 Å². The predicted molar refractivity (Wildman–Crippen MR) is 299 cm³/mol. The molecule has 0 aliphatic carbocycles. The standard InChI is InChI=1S/C54H78N16O10/c1-31(2)26-40(68-50(78)41(28-32-12-5-3-6-13-32)67-46(74)36(55)27-34-19-21-35(71)22-20-34)48(76)69-42(29-33-14-7-4-8-15-33)49(77)65-38(17-10-24-63-54(60)61)52(80)70-25-11-18-43(70)51(79)64-37(16-9-23-62-53(58)59)47(75)66-39(45(57)73)30-44(56)72/h3-8,12-15,19-22,31,36-43,71H,9-11,16-18,23-30,55H2,1-2H3,(H2,56,72)(H2,57,73)(H,64,79)(H,65,77)(H,66,75)(H,67,74)(H,68,78)(H,69,76)(H4,58,59,62)(H4,60,61,63)/t36-,37-,38-,39-,40+,41-,42-,43+/m0/s1. The van der Waals surface area contributed by atoms with E-state index in [1.165, 1.54) is 17.0 Å². The van der Waals surface area contributed by atoms with Crippen LogP contribution in [0.15, 0.2) is 94.9 Å². The Bertz CT molecular complexity index is 2630. The molecule has 8 atom stereocenters. The first kappa shape index (κ1) is 63.7. The topological polar surface area (TPSA) is 456 Å². The van der Waals surface area contributed by atoms with Crippen molar-refractivity contribution in [2.45, 2.75) is 133 Å². The van der Waals surface area contributed by atoms with E-state index < -0.39 is 108 Å². The molecule has 0 aromatic heterocycles. The van der Waals surface area contributed by atoms with E-state index in [0.29, 0.717) is 23.1 Å². The number of hydrogen-bond acceptors (Lipinski definition) is 13. The third-order valence-corrected chi connectivity index (χ3v) is 12.9. The van der Waals surface area contributed by atoms with Gasteiger partial charge < -0.3 is 82.0 Å². The van der Waals surface area contributed by atoms with E-state index in [1.54, 1.807) is 72.8 Å². The first-order valence-corrected chi connectivity index (χ1v) is 26.4. The van der Waals surface area contributed by atoms with Crippen LogP contribution in [0.4, 0.5) is 0 Å². The highest BCUT2D eigenvalue weighted by Crippen LogP contribution is 2.21. The van der Waals surface area contributed by atoms with Crippen LogP contribution < -0.4 is 72.0 Å². The summed E-state index contributed by atoms with van der Waals surface area (Å²) in [6, 6.07) is 13.7. The highest BCUT2D eigenvalue weighted by Gasteiger charge is 2.40. The number of carbonyl (C=O) groups is 9. The fourth-order valence-corrected chi connectivity index (χ4v) is 8.90. The molecule has 1 aliphatic rings. The molecule has 1 aliphatic heterocycles. The summed E-state index contributed by atoms with van der Waals surface area (Å²) < 4.78 is 0. The molecule has 4 rings (SSSR count). The van der Waals surface area contributed by atoms with Gasteiger partial charge in [0.05, 0.1) is 12.5 Å². The van der Waals surface area contributed by atoms with Gasteiger partial charge in [0.15, 0.2) is 11.9 Å². The van der Waals surface area contributed by atoms with Crippen molar-refractivity contribution in [1.82, 2.24) is 36.8 Å². The van der Waals surface area contributed by atoms with Crippen molar-refractivity contribution >= 4 is 65.1 Å². The zero-order valence-electron chi connectivity index (χ0n) is 45.2. The smallest absolute Gasteiger partial charge is 0.245 e. The summed E-state index contributed by atoms with van der Waals surface area (Å²) in [4.78, 5) is 133. The van der Waals surface area contributed by atoms with E-state index >= 15 is 0 Å². The summed E-state index contributed by atoms with van der Waals surface area (Å²) >= 11 is 0. The zero-order chi connectivity index (χ0) is 58.9. The van der Waals surface area contributed by atoms with Crippen molar-refractivity contribution in [3.8, 4) is 5.75 Å². The molecular formula is C54H78N16O10. The highest BCUT2D eigenvalue weighted by atomic mass is 16.3. The van der Waals surface area contributed by atoms with Crippen molar-refractivity contribution in [1.29, 1.82) is 0 Å². The van der Waals surface area contributed by atoms with Crippen LogP contribution >= 0.6 is 0 Å². The lowest BCUT2D eigenvalue weighted by molar-refractivity contribution is -0.142. The summed E-state index contributed by atoms with van der Waals surface area (Å²) in [7, 11) is 0. The number of amides is 9. The van der Waals surface area contributed by atoms with Crippen molar-refractivity contribution in [2.24, 2.45) is 56.0 Å². The maximum absolute atomic E-state index is 14.8. The van der Waals surface area contributed by atoms with Gasteiger partial charge in [-0.2, -0.15) is 0 Å². The lowest BCUT2D eigenvalue weighted by atomic mass is 9.99. The van der Waals surface area contributed by atoms with Crippen LogP contribution in [0, 0.1) is 5.92 Å². The van der Waals surface area contributed by atoms with Crippen molar-refractivity contribution in [3.63, 3.8) is 0 Å². The van der Waals surface area contributed by atoms with E-state index in [0.717, 1.165) is 0 Å². The summed E-state index contributed by atoms with van der Waals surface area (Å²) in [5.41, 5.74) is 41.1. The summed E-state index contributed by atoms with van der Waals surface area (Å²) in [6.45, 7) is 3.86. The van der Waals surface area contributed by atoms with Gasteiger partial charge >= 0.3 is 0 Å². The van der Waals surface area contributed by atoms with Gasteiger partial charge in [-0.25, -0.2) is 0 Å². The molecule has 1 saturated heterocycles. The fraction of sp³-hybridized carbons (Fsp3) is 0.463. The number of phenols is 1. The molecule has 21 N–H and O–H groups in total. The molecule has 0 saturated carbocycles. The minimum absolute atomic E-state index is 0.0317. The number of phenolic OH excluding ortho intramolecular Hbond substituents is 1. The molecule has 26 nitrogen and oxygen atoms in total. The van der Waals surface area contributed by atoms with E-state index in [2.05, 4.69) is 41.9 Å². The van der Waals surface area contributed by atoms with Crippen LogP contribution in [0.3, 0.4) is 0 Å². The Morgan fingerprint density at radius 1 is 0.562 bits per heavy atom. The van der Waals surface area contributed by atoms with Crippen LogP contribution in [-0.4, -0.2) is 143 Å². The van der Waals surface area contributed by atoms with Crippen molar-refractivity contribution < 1.29 is 48.3 Å². The maximum Gasteiger partial charge on any atom is 0.245 e. The average molecular weight is 1110 g/mol. The molecule has 0 spiro atoms. The normalized spacial score (nSPS) is 15.5. The largest absolute Gasteiger partial charge is 0.508 e. The molecule has 26 heteroatoms. The number of hydrogen-bond donors (Lipinski definition) is 14. The Balaban J connectivity index is 1.61. The number of aromatic hydroxyl groups is 1. The Hall–Kier alpha value is -8.81. The molecule has 1 fully saturated rings. The Kier molecular flexibility index (Phi) is 25.6. The number of nitrogens with one attached hydrogen (secondary N) is 6. The molecule has 1 heterocycles. The molecule has 0 bridgehead atoms. The van der Waals surface area contributed by atoms with Crippen LogP contribution in [0.1, 0.15) is 81.9 Å². The Morgan fingerprint density at radius 3 is 1.51 bits per heavy atom. The summed E-state index contributed by atoms with van der Waals surface area (Å²) in [6.07, 6.45) is 0.290. The lowest BCUT2D eigenvalue weighted by Gasteiger charge is -2.31. The minimum Gasteiger partial charge on any atom is -0.508 e. The Morgan fingerprint density at radius 2 is 1.01 bits per heavy atom. The van der Waals surface area contributed by atoms with Crippen LogP contribution in [0.2, 0.25) is 0 Å². The molecule has 3 aromatic carbocycles. The van der Waals surface area contributed by atoms with Crippen LogP contribution in [0.5, 0.6) is 5.75 Å². The third-order valence-electron chi connectivity index (χ3n) is 12.9. The fourth-order valence-electron chi connectivity index (χ4n) is 8.90. The maximum atomic E-state index is 14.8. The lowest BCUT2D eigenvalue weighted by Crippen LogP contribution is -2.60. The minimum atomic E-state index is -1.49. The number of primary amides is 2. The van der Waals surface area contributed by atoms with E-state index in [4.69, 9.17) is 40.1 Å². The Labute approximate surface area is 464 Å². The van der Waals surface area contributed by atoms with Crippen LogP contribution in [0.25, 0.3) is 0 Å². The molecule has 434 valence electrons. The first-order chi connectivity index (χ1) is 38.0. The van der Waals surface area contributed by atoms with Gasteiger partial charge in [-0.05, 0) is 86.1 Å². The molecule has 0 unspecified atom stereocenters. The van der Waals surface area contributed by atoms with Gasteiger partial charge in [0.1, 0.15) is 48.0 Å². The zero-order valence-corrected chi connectivity index (χ0v) is 45.2. The number of guanidine groups is 2. The number of nitrogens with two attached hydrogens (primary N) is 7. The molecule has 3 aromatic rings. The average Bonchev–Trinajstić information content (AvgIpc) is 3.91. The van der Waals surface area contributed by atoms with Gasteiger partial charge in [-0.1, -0.05) is 86.6 Å². The first-order valence-electron chi connectivity index (χ1n) is 26.4. The van der Waals surface area contributed by atoms with E-state index in [9.17, 15) is 48.3 Å². The summed E-state index contributed by atoms with van der Waals surface area (Å²) in [5.74, 6) is -7.68. The summed E-state index contributed by atoms with van der Waals surface area (Å²) in [5, 5.41) is 25.9. The molecule has 9 amide bonds.